The van der Waals surface area contributed by atoms with Crippen LogP contribution < -0.4 is 14.8 Å². The molecule has 3 aromatic rings. The number of hydrogen-bond donors (Lipinski definition) is 1. The quantitative estimate of drug-likeness (QED) is 0.505. The average molecular weight is 457 g/mol. The molecule has 1 N–H and O–H groups in total. The van der Waals surface area contributed by atoms with E-state index in [1.54, 1.807) is 0 Å². The van der Waals surface area contributed by atoms with Crippen LogP contribution >= 0.6 is 15.9 Å². The minimum atomic E-state index is -0.0139. The number of amides is 1. The summed E-state index contributed by atoms with van der Waals surface area (Å²) in [5, 5.41) is 3.85. The Morgan fingerprint density at radius 3 is 2.66 bits per heavy atom. The number of nitrogens with zero attached hydrogens (tertiary/aromatic N) is 1. The fourth-order valence-electron chi connectivity index (χ4n) is 2.96. The third-order valence-electron chi connectivity index (χ3n) is 4.32. The Morgan fingerprint density at radius 2 is 1.93 bits per heavy atom. The lowest BCUT2D eigenvalue weighted by molar-refractivity contribution is -0.118. The van der Waals surface area contributed by atoms with Gasteiger partial charge in [-0.05, 0) is 84.6 Å². The number of ether oxygens (including phenoxy) is 2. The Bertz CT molecular complexity index is 1030. The van der Waals surface area contributed by atoms with Crippen LogP contribution in [0.25, 0.3) is 10.9 Å². The smallest absolute Gasteiger partial charge is 0.219 e. The normalized spacial score (nSPS) is 11.0. The maximum atomic E-state index is 11.0. The van der Waals surface area contributed by atoms with Crippen LogP contribution in [0.2, 0.25) is 0 Å². The number of hydrogen-bond acceptors (Lipinski definition) is 4. The minimum absolute atomic E-state index is 0.0139. The molecule has 2 aromatic carbocycles. The predicted octanol–water partition coefficient (Wildman–Crippen LogP) is 5.56. The molecular formula is C23H25BrN2O3. The van der Waals surface area contributed by atoms with Crippen LogP contribution in [0.15, 0.2) is 46.9 Å². The molecule has 5 nitrogen and oxygen atoms in total. The van der Waals surface area contributed by atoms with E-state index < -0.39 is 0 Å². The van der Waals surface area contributed by atoms with Gasteiger partial charge in [-0.1, -0.05) is 6.07 Å². The molecule has 29 heavy (non-hydrogen) atoms. The molecule has 1 aromatic heterocycles. The molecular weight excluding hydrogens is 432 g/mol. The largest absolute Gasteiger partial charge is 0.490 e. The van der Waals surface area contributed by atoms with Gasteiger partial charge in [0, 0.05) is 24.9 Å². The second-order valence-corrected chi connectivity index (χ2v) is 8.08. The number of rotatable bonds is 7. The SMILES string of the molecule is CC(=O)NCCc1ccc2nc(Oc3cc(Br)c(OC(C)C)cc3C)ccc2c1. The molecule has 1 amide bonds. The molecule has 0 bridgehead atoms. The minimum Gasteiger partial charge on any atom is -0.490 e. The molecule has 0 spiro atoms. The molecule has 0 radical (unpaired) electrons. The summed E-state index contributed by atoms with van der Waals surface area (Å²) in [4.78, 5) is 15.6. The first-order valence-corrected chi connectivity index (χ1v) is 10.4. The first-order chi connectivity index (χ1) is 13.8. The Balaban J connectivity index is 1.77. The Morgan fingerprint density at radius 1 is 1.14 bits per heavy atom. The monoisotopic (exact) mass is 456 g/mol. The van der Waals surface area contributed by atoms with Crippen molar-refractivity contribution < 1.29 is 14.3 Å². The zero-order valence-electron chi connectivity index (χ0n) is 17.1. The highest BCUT2D eigenvalue weighted by molar-refractivity contribution is 9.10. The van der Waals surface area contributed by atoms with E-state index in [1.165, 1.54) is 6.92 Å². The van der Waals surface area contributed by atoms with Crippen molar-refractivity contribution >= 4 is 32.7 Å². The van der Waals surface area contributed by atoms with E-state index in [4.69, 9.17) is 9.47 Å². The van der Waals surface area contributed by atoms with E-state index >= 15 is 0 Å². The molecule has 152 valence electrons. The first kappa shape index (κ1) is 21.1. The molecule has 3 rings (SSSR count). The fourth-order valence-corrected chi connectivity index (χ4v) is 3.37. The van der Waals surface area contributed by atoms with Crippen molar-refractivity contribution in [2.24, 2.45) is 0 Å². The molecule has 6 heteroatoms. The van der Waals surface area contributed by atoms with Crippen molar-refractivity contribution in [1.29, 1.82) is 0 Å². The summed E-state index contributed by atoms with van der Waals surface area (Å²) in [7, 11) is 0. The number of aromatic nitrogens is 1. The molecule has 0 saturated heterocycles. The maximum absolute atomic E-state index is 11.0. The van der Waals surface area contributed by atoms with Crippen molar-refractivity contribution in [3.8, 4) is 17.4 Å². The van der Waals surface area contributed by atoms with E-state index in [2.05, 4.69) is 32.3 Å². The summed E-state index contributed by atoms with van der Waals surface area (Å²) >= 11 is 3.55. The Labute approximate surface area is 179 Å². The maximum Gasteiger partial charge on any atom is 0.219 e. The van der Waals surface area contributed by atoms with Gasteiger partial charge < -0.3 is 14.8 Å². The summed E-state index contributed by atoms with van der Waals surface area (Å²) in [6.07, 6.45) is 0.883. The van der Waals surface area contributed by atoms with Crippen LogP contribution in [-0.4, -0.2) is 23.5 Å². The summed E-state index contributed by atoms with van der Waals surface area (Å²) in [5.41, 5.74) is 2.99. The number of nitrogens with one attached hydrogen (secondary N) is 1. The second-order valence-electron chi connectivity index (χ2n) is 7.23. The Kier molecular flexibility index (Phi) is 6.75. The van der Waals surface area contributed by atoms with Crippen molar-refractivity contribution in [1.82, 2.24) is 10.3 Å². The number of pyridine rings is 1. The van der Waals surface area contributed by atoms with Gasteiger partial charge in [0.2, 0.25) is 11.8 Å². The van der Waals surface area contributed by atoms with Crippen molar-refractivity contribution in [2.45, 2.75) is 40.2 Å². The van der Waals surface area contributed by atoms with E-state index in [9.17, 15) is 4.79 Å². The zero-order chi connectivity index (χ0) is 21.0. The highest BCUT2D eigenvalue weighted by Gasteiger charge is 2.11. The fraction of sp³-hybridized carbons (Fsp3) is 0.304. The molecule has 0 fully saturated rings. The van der Waals surface area contributed by atoms with Gasteiger partial charge in [-0.3, -0.25) is 4.79 Å². The molecule has 0 aliphatic carbocycles. The second kappa shape index (κ2) is 9.27. The van der Waals surface area contributed by atoms with E-state index in [-0.39, 0.29) is 12.0 Å². The molecule has 0 unspecified atom stereocenters. The van der Waals surface area contributed by atoms with Gasteiger partial charge in [-0.2, -0.15) is 0 Å². The van der Waals surface area contributed by atoms with Gasteiger partial charge in [0.15, 0.2) is 0 Å². The lowest BCUT2D eigenvalue weighted by atomic mass is 10.1. The number of halogens is 1. The molecule has 1 heterocycles. The van der Waals surface area contributed by atoms with Crippen molar-refractivity contribution in [3.05, 3.63) is 58.1 Å². The average Bonchev–Trinajstić information content (AvgIpc) is 2.65. The van der Waals surface area contributed by atoms with E-state index in [1.807, 2.05) is 57.2 Å². The van der Waals surface area contributed by atoms with Gasteiger partial charge in [-0.15, -0.1) is 0 Å². The number of benzene rings is 2. The van der Waals surface area contributed by atoms with Crippen molar-refractivity contribution in [2.75, 3.05) is 6.54 Å². The van der Waals surface area contributed by atoms with Gasteiger partial charge >= 0.3 is 0 Å². The van der Waals surface area contributed by atoms with Gasteiger partial charge in [0.1, 0.15) is 11.5 Å². The van der Waals surface area contributed by atoms with Crippen LogP contribution in [0, 0.1) is 6.92 Å². The molecule has 0 atom stereocenters. The van der Waals surface area contributed by atoms with Gasteiger partial charge in [0.05, 0.1) is 16.1 Å². The van der Waals surface area contributed by atoms with E-state index in [0.717, 1.165) is 44.4 Å². The third kappa shape index (κ3) is 5.70. The topological polar surface area (TPSA) is 60.5 Å². The highest BCUT2D eigenvalue weighted by atomic mass is 79.9. The molecule has 0 aliphatic rings. The van der Waals surface area contributed by atoms with Crippen LogP contribution in [0.5, 0.6) is 17.4 Å². The Hall–Kier alpha value is -2.60. The predicted molar refractivity (Wildman–Crippen MR) is 119 cm³/mol. The standard InChI is InChI=1S/C23H25BrN2O3/c1-14(2)28-22-11-15(3)21(13-19(22)24)29-23-8-6-18-12-17(5-7-20(18)26-23)9-10-25-16(4)27/h5-8,11-14H,9-10H2,1-4H3,(H,25,27). The summed E-state index contributed by atoms with van der Waals surface area (Å²) in [6.45, 7) is 8.13. The number of carbonyl (C=O) groups is 1. The zero-order valence-corrected chi connectivity index (χ0v) is 18.7. The number of aryl methyl sites for hydroxylation is 1. The van der Waals surface area contributed by atoms with Crippen LogP contribution in [-0.2, 0) is 11.2 Å². The summed E-state index contributed by atoms with van der Waals surface area (Å²) in [5.74, 6) is 2.05. The molecule has 0 saturated carbocycles. The number of fused-ring (bicyclic) bond motifs is 1. The number of carbonyl (C=O) groups excluding carboxylic acids is 1. The van der Waals surface area contributed by atoms with E-state index in [0.29, 0.717) is 12.4 Å². The van der Waals surface area contributed by atoms with Crippen LogP contribution in [0.4, 0.5) is 0 Å². The first-order valence-electron chi connectivity index (χ1n) is 9.60. The van der Waals surface area contributed by atoms with Gasteiger partial charge in [-0.25, -0.2) is 4.98 Å². The van der Waals surface area contributed by atoms with Gasteiger partial charge in [0.25, 0.3) is 0 Å². The van der Waals surface area contributed by atoms with Crippen LogP contribution in [0.3, 0.4) is 0 Å². The molecule has 0 aliphatic heterocycles. The third-order valence-corrected chi connectivity index (χ3v) is 4.94. The lowest BCUT2D eigenvalue weighted by Crippen LogP contribution is -2.22. The summed E-state index contributed by atoms with van der Waals surface area (Å²) < 4.78 is 12.7. The summed E-state index contributed by atoms with van der Waals surface area (Å²) in [6, 6.07) is 13.8. The van der Waals surface area contributed by atoms with Crippen molar-refractivity contribution in [3.63, 3.8) is 0 Å². The van der Waals surface area contributed by atoms with Crippen LogP contribution in [0.1, 0.15) is 31.9 Å². The highest BCUT2D eigenvalue weighted by Crippen LogP contribution is 2.35. The lowest BCUT2D eigenvalue weighted by Gasteiger charge is -2.15.